The highest BCUT2D eigenvalue weighted by atomic mass is 16.5. The normalized spacial score (nSPS) is 7.71. The summed E-state index contributed by atoms with van der Waals surface area (Å²) in [5.74, 6) is 0. The molecule has 0 saturated carbocycles. The second kappa shape index (κ2) is 3.38. The molecule has 5 heteroatoms. The summed E-state index contributed by atoms with van der Waals surface area (Å²) in [6.45, 7) is 0. The van der Waals surface area contributed by atoms with E-state index in [1.807, 2.05) is 5.43 Å². The van der Waals surface area contributed by atoms with Crippen molar-refractivity contribution < 1.29 is 10.0 Å². The molecular weight excluding hydrogens is 98.0 g/mol. The molecule has 0 saturated heterocycles. The number of hydroxylamine groups is 1. The van der Waals surface area contributed by atoms with Gasteiger partial charge in [-0.25, -0.2) is 15.7 Å². The molecular formula is C2H7N3O2. The molecule has 0 aromatic heterocycles. The molecule has 0 radical (unpaired) electrons. The molecule has 0 aliphatic carbocycles. The van der Waals surface area contributed by atoms with Gasteiger partial charge in [0.25, 0.3) is 0 Å². The van der Waals surface area contributed by atoms with Crippen molar-refractivity contribution in [3.63, 3.8) is 0 Å². The summed E-state index contributed by atoms with van der Waals surface area (Å²) in [5.41, 5.74) is 5.69. The number of amides is 2. The van der Waals surface area contributed by atoms with Crippen molar-refractivity contribution in [3.05, 3.63) is 0 Å². The predicted molar refractivity (Wildman–Crippen MR) is 22.5 cm³/mol. The Labute approximate surface area is 40.6 Å². The number of carbonyl (C=O) groups excluding carboxylic acids is 1. The van der Waals surface area contributed by atoms with Gasteiger partial charge in [-0.2, -0.15) is 0 Å². The van der Waals surface area contributed by atoms with E-state index in [0.717, 1.165) is 0 Å². The first-order valence-electron chi connectivity index (χ1n) is 1.68. The minimum absolute atomic E-state index is 0.678. The van der Waals surface area contributed by atoms with Gasteiger partial charge in [-0.05, 0) is 0 Å². The molecule has 0 unspecified atom stereocenters. The highest BCUT2D eigenvalue weighted by Gasteiger charge is 1.87. The van der Waals surface area contributed by atoms with Crippen LogP contribution in [0.15, 0.2) is 0 Å². The number of hydrogen-bond donors (Lipinski definition) is 4. The maximum atomic E-state index is 9.88. The van der Waals surface area contributed by atoms with Gasteiger partial charge in [0.2, 0.25) is 0 Å². The third kappa shape index (κ3) is 3.01. The Morgan fingerprint density at radius 3 is 2.43 bits per heavy atom. The Bertz CT molecular complexity index is 64.0. The molecule has 0 aliphatic rings. The first-order valence-corrected chi connectivity index (χ1v) is 1.68. The van der Waals surface area contributed by atoms with E-state index in [2.05, 4.69) is 5.43 Å². The highest BCUT2D eigenvalue weighted by Crippen LogP contribution is 1.48. The molecule has 0 rings (SSSR count). The number of carbonyl (C=O) groups is 1. The van der Waals surface area contributed by atoms with E-state index in [9.17, 15) is 4.79 Å². The van der Waals surface area contributed by atoms with E-state index in [0.29, 0.717) is 0 Å². The summed E-state index contributed by atoms with van der Waals surface area (Å²) in [6, 6.07) is -0.678. The van der Waals surface area contributed by atoms with E-state index in [1.54, 1.807) is 0 Å². The van der Waals surface area contributed by atoms with Crippen LogP contribution < -0.4 is 16.3 Å². The number of hydrazine groups is 1. The van der Waals surface area contributed by atoms with Crippen LogP contribution >= 0.6 is 0 Å². The van der Waals surface area contributed by atoms with Gasteiger partial charge >= 0.3 is 6.03 Å². The molecule has 0 heterocycles. The largest absolute Gasteiger partial charge is 0.352 e. The molecule has 0 bridgehead atoms. The molecule has 0 aromatic carbocycles. The zero-order valence-electron chi connectivity index (χ0n) is 3.86. The van der Waals surface area contributed by atoms with Crippen molar-refractivity contribution >= 4 is 6.03 Å². The summed E-state index contributed by atoms with van der Waals surface area (Å²) < 4.78 is 0. The van der Waals surface area contributed by atoms with Gasteiger partial charge < -0.3 is 0 Å². The van der Waals surface area contributed by atoms with Gasteiger partial charge in [-0.1, -0.05) is 0 Å². The molecule has 2 amide bonds. The lowest BCUT2D eigenvalue weighted by Gasteiger charge is -1.96. The average molecular weight is 105 g/mol. The molecule has 0 aliphatic heterocycles. The molecule has 7 heavy (non-hydrogen) atoms. The molecule has 0 aromatic rings. The lowest BCUT2D eigenvalue weighted by Crippen LogP contribution is -2.40. The van der Waals surface area contributed by atoms with E-state index in [-0.39, 0.29) is 0 Å². The first-order chi connectivity index (χ1) is 3.31. The number of nitrogens with one attached hydrogen (secondary N) is 3. The molecule has 4 N–H and O–H groups in total. The molecule has 0 fully saturated rings. The lowest BCUT2D eigenvalue weighted by atomic mass is 11.1. The first kappa shape index (κ1) is 6.19. The smallest absolute Gasteiger partial charge is 0.287 e. The third-order valence-electron chi connectivity index (χ3n) is 0.340. The Balaban J connectivity index is 3.00. The van der Waals surface area contributed by atoms with Gasteiger partial charge in [-0.3, -0.25) is 10.6 Å². The fourth-order valence-corrected chi connectivity index (χ4v) is 0.141. The van der Waals surface area contributed by atoms with Crippen LogP contribution in [0.5, 0.6) is 0 Å². The lowest BCUT2D eigenvalue weighted by molar-refractivity contribution is 0.159. The number of rotatable bonds is 1. The van der Waals surface area contributed by atoms with Crippen molar-refractivity contribution in [2.75, 3.05) is 7.05 Å². The standard InChI is InChI=1S/C2H7N3O2/c1-3-4-2(6)5-7/h3,7H,1H3,(H2,4,5,6). The van der Waals surface area contributed by atoms with Crippen LogP contribution in [-0.2, 0) is 0 Å². The third-order valence-corrected chi connectivity index (χ3v) is 0.340. The Hall–Kier alpha value is -0.810. The summed E-state index contributed by atoms with van der Waals surface area (Å²) in [7, 11) is 1.51. The van der Waals surface area contributed by atoms with E-state index < -0.39 is 6.03 Å². The molecule has 0 spiro atoms. The Kier molecular flexibility index (Phi) is 2.99. The minimum atomic E-state index is -0.678. The number of urea groups is 1. The minimum Gasteiger partial charge on any atom is -0.287 e. The predicted octanol–water partition coefficient (Wildman–Crippen LogP) is -1.19. The zero-order chi connectivity index (χ0) is 5.70. The molecule has 42 valence electrons. The quantitative estimate of drug-likeness (QED) is 0.250. The van der Waals surface area contributed by atoms with Gasteiger partial charge in [0.05, 0.1) is 0 Å². The van der Waals surface area contributed by atoms with Crippen LogP contribution in [0, 0.1) is 0 Å². The van der Waals surface area contributed by atoms with Crippen LogP contribution in [0.2, 0.25) is 0 Å². The SMILES string of the molecule is CNNC(=O)NO. The van der Waals surface area contributed by atoms with Gasteiger partial charge in [0.15, 0.2) is 0 Å². The van der Waals surface area contributed by atoms with Crippen molar-refractivity contribution in [3.8, 4) is 0 Å². The Morgan fingerprint density at radius 2 is 2.29 bits per heavy atom. The van der Waals surface area contributed by atoms with Gasteiger partial charge in [0, 0.05) is 7.05 Å². The topological polar surface area (TPSA) is 73.4 Å². The fraction of sp³-hybridized carbons (Fsp3) is 0.500. The summed E-state index contributed by atoms with van der Waals surface area (Å²) >= 11 is 0. The van der Waals surface area contributed by atoms with Crippen LogP contribution in [0.3, 0.4) is 0 Å². The highest BCUT2D eigenvalue weighted by molar-refractivity contribution is 5.71. The Morgan fingerprint density at radius 1 is 1.71 bits per heavy atom. The van der Waals surface area contributed by atoms with E-state index >= 15 is 0 Å². The summed E-state index contributed by atoms with van der Waals surface area (Å²) in [4.78, 5) is 9.88. The van der Waals surface area contributed by atoms with Crippen molar-refractivity contribution in [2.45, 2.75) is 0 Å². The van der Waals surface area contributed by atoms with Crippen molar-refractivity contribution in [1.82, 2.24) is 16.3 Å². The number of hydrogen-bond acceptors (Lipinski definition) is 3. The van der Waals surface area contributed by atoms with Crippen LogP contribution in [0.25, 0.3) is 0 Å². The summed E-state index contributed by atoms with van der Waals surface area (Å²) in [6.07, 6.45) is 0. The van der Waals surface area contributed by atoms with Gasteiger partial charge in [-0.15, -0.1) is 0 Å². The maximum absolute atomic E-state index is 9.88. The monoisotopic (exact) mass is 105 g/mol. The molecule has 5 nitrogen and oxygen atoms in total. The van der Waals surface area contributed by atoms with E-state index in [4.69, 9.17) is 5.21 Å². The maximum Gasteiger partial charge on any atom is 0.352 e. The van der Waals surface area contributed by atoms with Crippen molar-refractivity contribution in [2.24, 2.45) is 0 Å². The second-order valence-electron chi connectivity index (χ2n) is 0.816. The van der Waals surface area contributed by atoms with Crippen LogP contribution in [0.1, 0.15) is 0 Å². The van der Waals surface area contributed by atoms with Gasteiger partial charge in [0.1, 0.15) is 0 Å². The van der Waals surface area contributed by atoms with Crippen LogP contribution in [-0.4, -0.2) is 18.3 Å². The van der Waals surface area contributed by atoms with E-state index in [1.165, 1.54) is 12.5 Å². The zero-order valence-corrected chi connectivity index (χ0v) is 3.86. The second-order valence-corrected chi connectivity index (χ2v) is 0.816. The fourth-order valence-electron chi connectivity index (χ4n) is 0.141. The molecule has 0 atom stereocenters. The van der Waals surface area contributed by atoms with Crippen molar-refractivity contribution in [1.29, 1.82) is 0 Å². The average Bonchev–Trinajstić information content (AvgIpc) is 1.68. The summed E-state index contributed by atoms with van der Waals surface area (Å²) in [5, 5.41) is 7.76. The van der Waals surface area contributed by atoms with Crippen LogP contribution in [0.4, 0.5) is 4.79 Å².